The number of hydrogen-bond acceptors (Lipinski definition) is 3. The minimum Gasteiger partial charge on any atom is -0.504 e. The number of phenolic OH excluding ortho intramolecular Hbond substituents is 1. The minimum absolute atomic E-state index is 0.00946. The number of methoxy groups -OCH3 is 1. The summed E-state index contributed by atoms with van der Waals surface area (Å²) in [7, 11) is 1.55. The maximum Gasteiger partial charge on any atom is 0.164 e. The highest BCUT2D eigenvalue weighted by Crippen LogP contribution is 2.38. The second kappa shape index (κ2) is 4.86. The zero-order valence-corrected chi connectivity index (χ0v) is 10.8. The van der Waals surface area contributed by atoms with Gasteiger partial charge in [-0.2, -0.15) is 0 Å². The number of phenols is 1. The van der Waals surface area contributed by atoms with E-state index in [4.69, 9.17) is 10.5 Å². The lowest BCUT2D eigenvalue weighted by atomic mass is 10.0. The number of benzene rings is 1. The summed E-state index contributed by atoms with van der Waals surface area (Å²) < 4.78 is 6.08. The van der Waals surface area contributed by atoms with E-state index in [1.807, 2.05) is 19.9 Å². The fourth-order valence-corrected chi connectivity index (χ4v) is 1.97. The Kier molecular flexibility index (Phi) is 3.99. The molecule has 1 unspecified atom stereocenters. The Morgan fingerprint density at radius 2 is 2.20 bits per heavy atom. The van der Waals surface area contributed by atoms with Crippen LogP contribution in [0.2, 0.25) is 0 Å². The predicted molar refractivity (Wildman–Crippen MR) is 64.4 cm³/mol. The first-order chi connectivity index (χ1) is 6.97. The van der Waals surface area contributed by atoms with E-state index < -0.39 is 0 Å². The molecule has 0 aromatic heterocycles. The van der Waals surface area contributed by atoms with Crippen LogP contribution in [0.5, 0.6) is 11.5 Å². The summed E-state index contributed by atoms with van der Waals surface area (Å²) in [4.78, 5) is 0. The molecule has 1 atom stereocenters. The quantitative estimate of drug-likeness (QED) is 0.889. The Morgan fingerprint density at radius 1 is 1.60 bits per heavy atom. The predicted octanol–water partition coefficient (Wildman–Crippen LogP) is 2.36. The van der Waals surface area contributed by atoms with Crippen LogP contribution in [0.15, 0.2) is 10.5 Å². The molecule has 4 heteroatoms. The minimum atomic E-state index is 0.00946. The highest BCUT2D eigenvalue weighted by molar-refractivity contribution is 9.10. The van der Waals surface area contributed by atoms with Gasteiger partial charge in [-0.05, 0) is 26.3 Å². The average molecular weight is 274 g/mol. The van der Waals surface area contributed by atoms with E-state index >= 15 is 0 Å². The van der Waals surface area contributed by atoms with Gasteiger partial charge in [-0.1, -0.05) is 15.9 Å². The van der Waals surface area contributed by atoms with Crippen molar-refractivity contribution in [1.82, 2.24) is 0 Å². The first-order valence-electron chi connectivity index (χ1n) is 4.77. The van der Waals surface area contributed by atoms with E-state index in [1.165, 1.54) is 0 Å². The van der Waals surface area contributed by atoms with Gasteiger partial charge in [-0.15, -0.1) is 0 Å². The van der Waals surface area contributed by atoms with E-state index in [9.17, 15) is 5.11 Å². The van der Waals surface area contributed by atoms with Gasteiger partial charge in [0.2, 0.25) is 0 Å². The molecule has 0 radical (unpaired) electrons. The molecule has 0 aliphatic heterocycles. The van der Waals surface area contributed by atoms with Crippen molar-refractivity contribution in [3.8, 4) is 11.5 Å². The molecule has 3 nitrogen and oxygen atoms in total. The lowest BCUT2D eigenvalue weighted by molar-refractivity contribution is 0.367. The topological polar surface area (TPSA) is 55.5 Å². The molecule has 3 N–H and O–H groups in total. The number of ether oxygens (including phenoxy) is 1. The summed E-state index contributed by atoms with van der Waals surface area (Å²) in [6, 6.07) is 1.89. The highest BCUT2D eigenvalue weighted by atomic mass is 79.9. The van der Waals surface area contributed by atoms with E-state index in [1.54, 1.807) is 7.11 Å². The normalized spacial score (nSPS) is 12.6. The second-order valence-electron chi connectivity index (χ2n) is 3.71. The molecule has 1 aromatic rings. The van der Waals surface area contributed by atoms with Gasteiger partial charge >= 0.3 is 0 Å². The molecule has 0 fully saturated rings. The molecule has 84 valence electrons. The summed E-state index contributed by atoms with van der Waals surface area (Å²) in [5.41, 5.74) is 7.40. The number of aromatic hydroxyl groups is 1. The standard InChI is InChI=1S/C11H16BrNO2/c1-6(13)4-8-5-9(12)7(2)11(15-3)10(8)14/h5-6,14H,4,13H2,1-3H3. The van der Waals surface area contributed by atoms with Crippen LogP contribution in [0.1, 0.15) is 18.1 Å². The Morgan fingerprint density at radius 3 is 2.67 bits per heavy atom. The van der Waals surface area contributed by atoms with Crippen molar-refractivity contribution in [2.75, 3.05) is 7.11 Å². The van der Waals surface area contributed by atoms with Crippen molar-refractivity contribution in [1.29, 1.82) is 0 Å². The first-order valence-corrected chi connectivity index (χ1v) is 5.57. The number of halogens is 1. The largest absolute Gasteiger partial charge is 0.504 e. The fourth-order valence-electron chi connectivity index (χ4n) is 1.51. The third-order valence-electron chi connectivity index (χ3n) is 2.27. The Hall–Kier alpha value is -0.740. The Labute approximate surface area is 98.4 Å². The molecule has 0 aliphatic rings. The summed E-state index contributed by atoms with van der Waals surface area (Å²) in [5, 5.41) is 9.94. The molecule has 15 heavy (non-hydrogen) atoms. The molecular formula is C11H16BrNO2. The average Bonchev–Trinajstić information content (AvgIpc) is 2.14. The van der Waals surface area contributed by atoms with Gasteiger partial charge in [-0.25, -0.2) is 0 Å². The third-order valence-corrected chi connectivity index (χ3v) is 3.09. The van der Waals surface area contributed by atoms with Crippen molar-refractivity contribution in [3.05, 3.63) is 21.7 Å². The van der Waals surface area contributed by atoms with Crippen molar-refractivity contribution in [2.45, 2.75) is 26.3 Å². The highest BCUT2D eigenvalue weighted by Gasteiger charge is 2.15. The molecule has 1 aromatic carbocycles. The van der Waals surface area contributed by atoms with Gasteiger partial charge in [0.05, 0.1) is 7.11 Å². The Bertz CT molecular complexity index is 364. The molecule has 0 saturated heterocycles. The summed E-state index contributed by atoms with van der Waals surface area (Å²) in [6.07, 6.45) is 0.626. The van der Waals surface area contributed by atoms with Crippen LogP contribution in [-0.4, -0.2) is 18.3 Å². The van der Waals surface area contributed by atoms with Gasteiger partial charge in [0.1, 0.15) is 0 Å². The van der Waals surface area contributed by atoms with Crippen LogP contribution in [0.3, 0.4) is 0 Å². The van der Waals surface area contributed by atoms with Crippen LogP contribution in [0.4, 0.5) is 0 Å². The smallest absolute Gasteiger partial charge is 0.164 e. The maximum absolute atomic E-state index is 9.94. The summed E-state index contributed by atoms with van der Waals surface area (Å²) in [6.45, 7) is 3.79. The van der Waals surface area contributed by atoms with Crippen LogP contribution in [0.25, 0.3) is 0 Å². The molecule has 0 heterocycles. The van der Waals surface area contributed by atoms with E-state index in [0.717, 1.165) is 15.6 Å². The molecule has 0 aliphatic carbocycles. The van der Waals surface area contributed by atoms with Crippen LogP contribution in [-0.2, 0) is 6.42 Å². The monoisotopic (exact) mass is 273 g/mol. The van der Waals surface area contributed by atoms with Crippen LogP contribution < -0.4 is 10.5 Å². The molecule has 1 rings (SSSR count). The second-order valence-corrected chi connectivity index (χ2v) is 4.56. The van der Waals surface area contributed by atoms with Crippen LogP contribution in [0, 0.1) is 6.92 Å². The molecule has 0 bridgehead atoms. The van der Waals surface area contributed by atoms with E-state index in [-0.39, 0.29) is 11.8 Å². The summed E-state index contributed by atoms with van der Waals surface area (Å²) >= 11 is 3.43. The molecular weight excluding hydrogens is 258 g/mol. The van der Waals surface area contributed by atoms with Gasteiger partial charge in [0.25, 0.3) is 0 Å². The first kappa shape index (κ1) is 12.3. The lowest BCUT2D eigenvalue weighted by Crippen LogP contribution is -2.18. The molecule has 0 saturated carbocycles. The number of nitrogens with two attached hydrogens (primary N) is 1. The van der Waals surface area contributed by atoms with Gasteiger partial charge < -0.3 is 15.6 Å². The zero-order valence-electron chi connectivity index (χ0n) is 9.17. The number of rotatable bonds is 3. The lowest BCUT2D eigenvalue weighted by Gasteiger charge is -2.14. The number of hydrogen-bond donors (Lipinski definition) is 2. The van der Waals surface area contributed by atoms with Crippen molar-refractivity contribution < 1.29 is 9.84 Å². The van der Waals surface area contributed by atoms with Crippen LogP contribution >= 0.6 is 15.9 Å². The van der Waals surface area contributed by atoms with Crippen molar-refractivity contribution >= 4 is 15.9 Å². The molecule has 0 amide bonds. The SMILES string of the molecule is COc1c(C)c(Br)cc(CC(C)N)c1O. The van der Waals surface area contributed by atoms with Gasteiger partial charge in [0.15, 0.2) is 11.5 Å². The van der Waals surface area contributed by atoms with E-state index in [0.29, 0.717) is 12.2 Å². The van der Waals surface area contributed by atoms with E-state index in [2.05, 4.69) is 15.9 Å². The van der Waals surface area contributed by atoms with Gasteiger partial charge in [0, 0.05) is 21.6 Å². The third kappa shape index (κ3) is 2.63. The fraction of sp³-hybridized carbons (Fsp3) is 0.455. The Balaban J connectivity index is 3.24. The maximum atomic E-state index is 9.94. The summed E-state index contributed by atoms with van der Waals surface area (Å²) in [5.74, 6) is 0.704. The van der Waals surface area contributed by atoms with Crippen molar-refractivity contribution in [2.24, 2.45) is 5.73 Å². The molecule has 0 spiro atoms. The zero-order chi connectivity index (χ0) is 11.6. The van der Waals surface area contributed by atoms with Gasteiger partial charge in [-0.3, -0.25) is 0 Å². The van der Waals surface area contributed by atoms with Crippen molar-refractivity contribution in [3.63, 3.8) is 0 Å².